The van der Waals surface area contributed by atoms with E-state index in [9.17, 15) is 0 Å². The molecule has 1 atom stereocenters. The van der Waals surface area contributed by atoms with Crippen LogP contribution in [0.4, 0.5) is 0 Å². The SMILES string of the molecule is CCC(Cc1cnn(CC)c1)NN. The minimum Gasteiger partial charge on any atom is -0.273 e. The van der Waals surface area contributed by atoms with Crippen LogP contribution < -0.4 is 11.3 Å². The Morgan fingerprint density at radius 1 is 1.62 bits per heavy atom. The molecule has 0 radical (unpaired) electrons. The first kappa shape index (κ1) is 10.2. The number of aryl methyl sites for hydroxylation is 1. The van der Waals surface area contributed by atoms with Gasteiger partial charge in [0.15, 0.2) is 0 Å². The van der Waals surface area contributed by atoms with Gasteiger partial charge in [-0.2, -0.15) is 5.10 Å². The van der Waals surface area contributed by atoms with E-state index in [0.29, 0.717) is 6.04 Å². The van der Waals surface area contributed by atoms with E-state index >= 15 is 0 Å². The number of hydrazine groups is 1. The number of nitrogens with two attached hydrogens (primary N) is 1. The van der Waals surface area contributed by atoms with Crippen molar-refractivity contribution in [3.63, 3.8) is 0 Å². The topological polar surface area (TPSA) is 55.9 Å². The van der Waals surface area contributed by atoms with Crippen LogP contribution >= 0.6 is 0 Å². The Morgan fingerprint density at radius 2 is 2.38 bits per heavy atom. The molecular weight excluding hydrogens is 164 g/mol. The second kappa shape index (κ2) is 4.99. The largest absolute Gasteiger partial charge is 0.273 e. The highest BCUT2D eigenvalue weighted by molar-refractivity contribution is 5.05. The van der Waals surface area contributed by atoms with Crippen LogP contribution in [-0.2, 0) is 13.0 Å². The molecule has 0 saturated carbocycles. The molecule has 0 fully saturated rings. The maximum atomic E-state index is 5.39. The quantitative estimate of drug-likeness (QED) is 0.520. The van der Waals surface area contributed by atoms with Crippen LogP contribution in [0.15, 0.2) is 12.4 Å². The van der Waals surface area contributed by atoms with E-state index in [1.807, 2.05) is 10.9 Å². The fraction of sp³-hybridized carbons (Fsp3) is 0.667. The molecule has 0 aromatic carbocycles. The van der Waals surface area contributed by atoms with Crippen molar-refractivity contribution < 1.29 is 0 Å². The number of aromatic nitrogens is 2. The standard InChI is InChI=1S/C9H18N4/c1-3-9(12-10)5-8-6-11-13(4-2)7-8/h6-7,9,12H,3-5,10H2,1-2H3. The zero-order chi connectivity index (χ0) is 9.68. The van der Waals surface area contributed by atoms with Gasteiger partial charge in [-0.3, -0.25) is 16.0 Å². The maximum Gasteiger partial charge on any atom is 0.0522 e. The molecule has 1 unspecified atom stereocenters. The Hall–Kier alpha value is -0.870. The van der Waals surface area contributed by atoms with Crippen molar-refractivity contribution in [2.24, 2.45) is 5.84 Å². The molecular formula is C9H18N4. The smallest absolute Gasteiger partial charge is 0.0522 e. The zero-order valence-corrected chi connectivity index (χ0v) is 8.33. The Bertz CT molecular complexity index is 240. The van der Waals surface area contributed by atoms with Gasteiger partial charge in [0.25, 0.3) is 0 Å². The van der Waals surface area contributed by atoms with Crippen LogP contribution in [0.2, 0.25) is 0 Å². The highest BCUT2D eigenvalue weighted by Gasteiger charge is 2.05. The molecule has 3 N–H and O–H groups in total. The molecule has 0 amide bonds. The summed E-state index contributed by atoms with van der Waals surface area (Å²) in [4.78, 5) is 0. The van der Waals surface area contributed by atoms with Gasteiger partial charge in [-0.25, -0.2) is 0 Å². The Balaban J connectivity index is 2.52. The number of hydrogen-bond acceptors (Lipinski definition) is 3. The molecule has 1 rings (SSSR count). The van der Waals surface area contributed by atoms with Crippen molar-refractivity contribution in [1.82, 2.24) is 15.2 Å². The lowest BCUT2D eigenvalue weighted by atomic mass is 10.1. The molecule has 0 aliphatic rings. The molecule has 0 bridgehead atoms. The highest BCUT2D eigenvalue weighted by atomic mass is 15.3. The van der Waals surface area contributed by atoms with E-state index < -0.39 is 0 Å². The van der Waals surface area contributed by atoms with Crippen molar-refractivity contribution in [1.29, 1.82) is 0 Å². The third kappa shape index (κ3) is 2.82. The fourth-order valence-corrected chi connectivity index (χ4v) is 1.29. The van der Waals surface area contributed by atoms with Crippen LogP contribution in [0.25, 0.3) is 0 Å². The van der Waals surface area contributed by atoms with Crippen LogP contribution in [0.3, 0.4) is 0 Å². The molecule has 0 saturated heterocycles. The van der Waals surface area contributed by atoms with Crippen LogP contribution in [-0.4, -0.2) is 15.8 Å². The van der Waals surface area contributed by atoms with E-state index in [1.165, 1.54) is 5.56 Å². The van der Waals surface area contributed by atoms with Gasteiger partial charge in [0.05, 0.1) is 6.20 Å². The minimum absolute atomic E-state index is 0.356. The lowest BCUT2D eigenvalue weighted by Gasteiger charge is -2.11. The predicted molar refractivity (Wildman–Crippen MR) is 53.0 cm³/mol. The van der Waals surface area contributed by atoms with Gasteiger partial charge in [-0.1, -0.05) is 6.92 Å². The summed E-state index contributed by atoms with van der Waals surface area (Å²) >= 11 is 0. The fourth-order valence-electron chi connectivity index (χ4n) is 1.29. The molecule has 1 aromatic rings. The molecule has 1 heterocycles. The summed E-state index contributed by atoms with van der Waals surface area (Å²) in [6.07, 6.45) is 5.96. The van der Waals surface area contributed by atoms with E-state index in [1.54, 1.807) is 0 Å². The summed E-state index contributed by atoms with van der Waals surface area (Å²) in [6, 6.07) is 0.356. The van der Waals surface area contributed by atoms with Gasteiger partial charge in [0.1, 0.15) is 0 Å². The first-order valence-electron chi connectivity index (χ1n) is 4.77. The lowest BCUT2D eigenvalue weighted by molar-refractivity contribution is 0.511. The molecule has 0 aliphatic carbocycles. The van der Waals surface area contributed by atoms with Gasteiger partial charge in [-0.05, 0) is 25.3 Å². The number of nitrogens with one attached hydrogen (secondary N) is 1. The molecule has 74 valence electrons. The van der Waals surface area contributed by atoms with Crippen LogP contribution in [0.1, 0.15) is 25.8 Å². The molecule has 1 aromatic heterocycles. The van der Waals surface area contributed by atoms with Gasteiger partial charge in [0, 0.05) is 18.8 Å². The molecule has 0 spiro atoms. The van der Waals surface area contributed by atoms with Crippen molar-refractivity contribution in [2.45, 2.75) is 39.3 Å². The summed E-state index contributed by atoms with van der Waals surface area (Å²) in [7, 11) is 0. The predicted octanol–water partition coefficient (Wildman–Crippen LogP) is 0.687. The average molecular weight is 182 g/mol. The number of rotatable bonds is 5. The maximum absolute atomic E-state index is 5.39. The van der Waals surface area contributed by atoms with Crippen molar-refractivity contribution in [2.75, 3.05) is 0 Å². The first-order valence-corrected chi connectivity index (χ1v) is 4.77. The van der Waals surface area contributed by atoms with Gasteiger partial charge >= 0.3 is 0 Å². The van der Waals surface area contributed by atoms with E-state index in [4.69, 9.17) is 5.84 Å². The molecule has 0 aliphatic heterocycles. The lowest BCUT2D eigenvalue weighted by Crippen LogP contribution is -2.36. The summed E-state index contributed by atoms with van der Waals surface area (Å²) in [5.41, 5.74) is 4.03. The van der Waals surface area contributed by atoms with Crippen molar-refractivity contribution >= 4 is 0 Å². The number of nitrogens with zero attached hydrogens (tertiary/aromatic N) is 2. The first-order chi connectivity index (χ1) is 6.30. The Morgan fingerprint density at radius 3 is 2.85 bits per heavy atom. The van der Waals surface area contributed by atoms with Crippen molar-refractivity contribution in [3.8, 4) is 0 Å². The van der Waals surface area contributed by atoms with Crippen molar-refractivity contribution in [3.05, 3.63) is 18.0 Å². The third-order valence-electron chi connectivity index (χ3n) is 2.22. The zero-order valence-electron chi connectivity index (χ0n) is 8.33. The van der Waals surface area contributed by atoms with Crippen LogP contribution in [0.5, 0.6) is 0 Å². The third-order valence-corrected chi connectivity index (χ3v) is 2.22. The second-order valence-electron chi connectivity index (χ2n) is 3.18. The summed E-state index contributed by atoms with van der Waals surface area (Å²) in [5.74, 6) is 5.39. The number of hydrogen-bond donors (Lipinski definition) is 2. The normalized spacial score (nSPS) is 13.2. The molecule has 13 heavy (non-hydrogen) atoms. The minimum atomic E-state index is 0.356. The van der Waals surface area contributed by atoms with Gasteiger partial charge in [-0.15, -0.1) is 0 Å². The van der Waals surface area contributed by atoms with Gasteiger partial charge in [0.2, 0.25) is 0 Å². The second-order valence-corrected chi connectivity index (χ2v) is 3.18. The summed E-state index contributed by atoms with van der Waals surface area (Å²) in [5, 5.41) is 4.20. The van der Waals surface area contributed by atoms with Crippen LogP contribution in [0, 0.1) is 0 Å². The average Bonchev–Trinajstić information content (AvgIpc) is 2.61. The van der Waals surface area contributed by atoms with Gasteiger partial charge < -0.3 is 0 Å². The van der Waals surface area contributed by atoms with E-state index in [-0.39, 0.29) is 0 Å². The Kier molecular flexibility index (Phi) is 3.92. The monoisotopic (exact) mass is 182 g/mol. The summed E-state index contributed by atoms with van der Waals surface area (Å²) in [6.45, 7) is 5.12. The molecule has 4 nitrogen and oxygen atoms in total. The van der Waals surface area contributed by atoms with E-state index in [2.05, 4.69) is 30.6 Å². The molecule has 4 heteroatoms. The summed E-state index contributed by atoms with van der Waals surface area (Å²) < 4.78 is 1.93. The Labute approximate surface area is 79.1 Å². The highest BCUT2D eigenvalue weighted by Crippen LogP contribution is 2.04. The van der Waals surface area contributed by atoms with E-state index in [0.717, 1.165) is 19.4 Å².